The standard InChI is InChI=1S/C24H32O2/c1-4-24-14-13-19-18-8-6-5-7-17(18)9-10-20(19)23(24)16(3)15(2)21(24)11-12-22(25)26/h7,11-12,18-21,23H,2-6,8-10,13-14H2,1H3,(H,25,26)/b12-11-/t18-,19+,20+,21+,23-,24+/m0/s1. The van der Waals surface area contributed by atoms with Crippen LogP contribution in [0.5, 0.6) is 0 Å². The molecule has 26 heavy (non-hydrogen) atoms. The van der Waals surface area contributed by atoms with E-state index in [1.165, 1.54) is 56.6 Å². The summed E-state index contributed by atoms with van der Waals surface area (Å²) < 4.78 is 0. The SMILES string of the molecule is C=C1C(=C)[C@H]2[C@@H]3CCC4=CCCC[C@@H]4[C@H]3CC[C@]2(CC)[C@@H]1/C=C\C(=O)O. The van der Waals surface area contributed by atoms with Crippen LogP contribution in [0.2, 0.25) is 0 Å². The van der Waals surface area contributed by atoms with Crippen LogP contribution >= 0.6 is 0 Å². The summed E-state index contributed by atoms with van der Waals surface area (Å²) in [6.07, 6.45) is 15.9. The zero-order valence-electron chi connectivity index (χ0n) is 16.0. The molecule has 0 heterocycles. The van der Waals surface area contributed by atoms with Crippen molar-refractivity contribution in [3.8, 4) is 0 Å². The van der Waals surface area contributed by atoms with Crippen LogP contribution < -0.4 is 0 Å². The minimum Gasteiger partial charge on any atom is -0.478 e. The lowest BCUT2D eigenvalue weighted by Gasteiger charge is -2.54. The van der Waals surface area contributed by atoms with E-state index in [0.29, 0.717) is 11.8 Å². The highest BCUT2D eigenvalue weighted by Gasteiger charge is 2.59. The van der Waals surface area contributed by atoms with Gasteiger partial charge in [-0.05, 0) is 91.6 Å². The summed E-state index contributed by atoms with van der Waals surface area (Å²) in [5.41, 5.74) is 4.20. The van der Waals surface area contributed by atoms with Crippen LogP contribution in [0.3, 0.4) is 0 Å². The van der Waals surface area contributed by atoms with Crippen molar-refractivity contribution in [2.75, 3.05) is 0 Å². The van der Waals surface area contributed by atoms with Gasteiger partial charge in [0, 0.05) is 12.0 Å². The van der Waals surface area contributed by atoms with E-state index < -0.39 is 5.97 Å². The topological polar surface area (TPSA) is 37.3 Å². The molecular formula is C24H32O2. The van der Waals surface area contributed by atoms with Gasteiger partial charge in [-0.2, -0.15) is 0 Å². The second kappa shape index (κ2) is 6.55. The molecule has 3 saturated carbocycles. The molecule has 0 radical (unpaired) electrons. The zero-order valence-corrected chi connectivity index (χ0v) is 16.0. The molecule has 0 aliphatic heterocycles. The molecule has 4 aliphatic carbocycles. The van der Waals surface area contributed by atoms with Crippen LogP contribution in [-0.4, -0.2) is 11.1 Å². The molecule has 0 aromatic carbocycles. The number of carbonyl (C=O) groups is 1. The quantitative estimate of drug-likeness (QED) is 0.505. The zero-order chi connectivity index (χ0) is 18.5. The van der Waals surface area contributed by atoms with E-state index in [1.807, 2.05) is 6.08 Å². The predicted octanol–water partition coefficient (Wildman–Crippen LogP) is 5.93. The first kappa shape index (κ1) is 17.8. The maximum Gasteiger partial charge on any atom is 0.327 e. The number of rotatable bonds is 3. The van der Waals surface area contributed by atoms with Crippen LogP contribution in [0.1, 0.15) is 58.3 Å². The molecule has 0 amide bonds. The normalized spacial score (nSPS) is 42.2. The van der Waals surface area contributed by atoms with E-state index in [1.54, 1.807) is 5.57 Å². The number of aliphatic carboxylic acids is 1. The first-order valence-electron chi connectivity index (χ1n) is 10.5. The van der Waals surface area contributed by atoms with Gasteiger partial charge >= 0.3 is 5.97 Å². The fourth-order valence-electron chi connectivity index (χ4n) is 7.23. The summed E-state index contributed by atoms with van der Waals surface area (Å²) in [4.78, 5) is 11.1. The van der Waals surface area contributed by atoms with Crippen LogP contribution in [0.25, 0.3) is 0 Å². The summed E-state index contributed by atoms with van der Waals surface area (Å²) in [7, 11) is 0. The Morgan fingerprint density at radius 3 is 2.81 bits per heavy atom. The summed E-state index contributed by atoms with van der Waals surface area (Å²) in [6, 6.07) is 0. The molecule has 4 aliphatic rings. The van der Waals surface area contributed by atoms with Gasteiger partial charge in [-0.1, -0.05) is 37.8 Å². The molecule has 0 saturated heterocycles. The van der Waals surface area contributed by atoms with E-state index in [-0.39, 0.29) is 11.3 Å². The van der Waals surface area contributed by atoms with Gasteiger partial charge in [0.1, 0.15) is 0 Å². The molecule has 0 unspecified atom stereocenters. The minimum atomic E-state index is -0.860. The molecule has 0 aromatic heterocycles. The number of allylic oxidation sites excluding steroid dienone is 5. The molecule has 1 N–H and O–H groups in total. The Balaban J connectivity index is 1.71. The molecule has 6 atom stereocenters. The highest BCUT2D eigenvalue weighted by molar-refractivity contribution is 5.80. The van der Waals surface area contributed by atoms with Crippen LogP contribution in [0.15, 0.2) is 48.1 Å². The largest absolute Gasteiger partial charge is 0.478 e. The number of fused-ring (bicyclic) bond motifs is 5. The maximum absolute atomic E-state index is 11.1. The molecule has 2 nitrogen and oxygen atoms in total. The summed E-state index contributed by atoms with van der Waals surface area (Å²) >= 11 is 0. The molecule has 0 bridgehead atoms. The monoisotopic (exact) mass is 352 g/mol. The second-order valence-electron chi connectivity index (χ2n) is 9.01. The highest BCUT2D eigenvalue weighted by Crippen LogP contribution is 2.67. The fourth-order valence-corrected chi connectivity index (χ4v) is 7.23. The third-order valence-electron chi connectivity index (χ3n) is 8.30. The lowest BCUT2D eigenvalue weighted by Crippen LogP contribution is -2.47. The van der Waals surface area contributed by atoms with Crippen molar-refractivity contribution in [2.24, 2.45) is 35.0 Å². The Kier molecular flexibility index (Phi) is 4.49. The van der Waals surface area contributed by atoms with Crippen molar-refractivity contribution < 1.29 is 9.90 Å². The van der Waals surface area contributed by atoms with Crippen LogP contribution in [0, 0.1) is 35.0 Å². The van der Waals surface area contributed by atoms with Crippen molar-refractivity contribution in [3.05, 3.63) is 48.1 Å². The van der Waals surface area contributed by atoms with Gasteiger partial charge in [0.05, 0.1) is 0 Å². The highest BCUT2D eigenvalue weighted by atomic mass is 16.4. The smallest absolute Gasteiger partial charge is 0.327 e. The Morgan fingerprint density at radius 1 is 1.27 bits per heavy atom. The Labute approximate surface area is 157 Å². The van der Waals surface area contributed by atoms with Gasteiger partial charge in [-0.3, -0.25) is 0 Å². The van der Waals surface area contributed by atoms with E-state index in [9.17, 15) is 4.79 Å². The average molecular weight is 353 g/mol. The van der Waals surface area contributed by atoms with Gasteiger partial charge in [-0.15, -0.1) is 0 Å². The lowest BCUT2D eigenvalue weighted by molar-refractivity contribution is -0.131. The lowest BCUT2D eigenvalue weighted by atomic mass is 9.50. The number of hydrogen-bond acceptors (Lipinski definition) is 1. The van der Waals surface area contributed by atoms with Gasteiger partial charge in [0.15, 0.2) is 0 Å². The Bertz CT molecular complexity index is 697. The second-order valence-corrected chi connectivity index (χ2v) is 9.01. The summed E-state index contributed by atoms with van der Waals surface area (Å²) in [6.45, 7) is 11.2. The predicted molar refractivity (Wildman–Crippen MR) is 106 cm³/mol. The molecule has 2 heteroatoms. The maximum atomic E-state index is 11.1. The molecule has 140 valence electrons. The fraction of sp³-hybridized carbons (Fsp3) is 0.625. The summed E-state index contributed by atoms with van der Waals surface area (Å²) in [5, 5.41) is 9.15. The number of hydrogen-bond donors (Lipinski definition) is 1. The molecule has 0 aromatic rings. The van der Waals surface area contributed by atoms with Gasteiger partial charge in [0.25, 0.3) is 0 Å². The van der Waals surface area contributed by atoms with Crippen LogP contribution in [0.4, 0.5) is 0 Å². The third kappa shape index (κ3) is 2.48. The average Bonchev–Trinajstić information content (AvgIpc) is 2.87. The minimum absolute atomic E-state index is 0.136. The Morgan fingerprint density at radius 2 is 2.08 bits per heavy atom. The van der Waals surface area contributed by atoms with Gasteiger partial charge < -0.3 is 5.11 Å². The first-order valence-corrected chi connectivity index (χ1v) is 10.5. The van der Waals surface area contributed by atoms with Crippen molar-refractivity contribution in [1.29, 1.82) is 0 Å². The van der Waals surface area contributed by atoms with Gasteiger partial charge in [0.2, 0.25) is 0 Å². The molecule has 0 spiro atoms. The third-order valence-corrected chi connectivity index (χ3v) is 8.30. The van der Waals surface area contributed by atoms with Crippen molar-refractivity contribution in [3.63, 3.8) is 0 Å². The van der Waals surface area contributed by atoms with E-state index in [0.717, 1.165) is 23.8 Å². The van der Waals surface area contributed by atoms with E-state index in [4.69, 9.17) is 5.11 Å². The van der Waals surface area contributed by atoms with Crippen molar-refractivity contribution in [2.45, 2.75) is 58.3 Å². The van der Waals surface area contributed by atoms with Crippen molar-refractivity contribution >= 4 is 5.97 Å². The molecule has 3 fully saturated rings. The van der Waals surface area contributed by atoms with Crippen LogP contribution in [-0.2, 0) is 4.79 Å². The number of carboxylic acids is 1. The van der Waals surface area contributed by atoms with E-state index >= 15 is 0 Å². The molecular weight excluding hydrogens is 320 g/mol. The number of carboxylic acid groups (broad SMARTS) is 1. The molecule has 4 rings (SSSR count). The van der Waals surface area contributed by atoms with E-state index in [2.05, 4.69) is 26.2 Å². The summed E-state index contributed by atoms with van der Waals surface area (Å²) in [5.74, 6) is 2.08. The van der Waals surface area contributed by atoms with Crippen molar-refractivity contribution in [1.82, 2.24) is 0 Å². The Hall–Kier alpha value is -1.57. The first-order chi connectivity index (χ1) is 12.5. The van der Waals surface area contributed by atoms with Gasteiger partial charge in [-0.25, -0.2) is 4.79 Å².